The number of hydrogen-bond donors (Lipinski definition) is 2. The lowest BCUT2D eigenvalue weighted by Gasteiger charge is -2.22. The summed E-state index contributed by atoms with van der Waals surface area (Å²) in [5.74, 6) is -0.360. The van der Waals surface area contributed by atoms with Gasteiger partial charge in [-0.1, -0.05) is 20.8 Å². The molecule has 0 unspecified atom stereocenters. The molecule has 2 N–H and O–H groups in total. The number of hydrogen-bond acceptors (Lipinski definition) is 4. The highest BCUT2D eigenvalue weighted by Crippen LogP contribution is 2.22. The second kappa shape index (κ2) is 7.85. The van der Waals surface area contributed by atoms with Gasteiger partial charge in [0, 0.05) is 29.9 Å². The van der Waals surface area contributed by atoms with Gasteiger partial charge in [-0.3, -0.25) is 10.1 Å². The molecule has 2 amide bonds. The minimum absolute atomic E-state index is 0.360. The van der Waals surface area contributed by atoms with Gasteiger partial charge in [-0.05, 0) is 44.5 Å². The maximum atomic E-state index is 11.8. The molecule has 23 heavy (non-hydrogen) atoms. The summed E-state index contributed by atoms with van der Waals surface area (Å²) in [6.07, 6.45) is -0.721. The molecule has 0 aliphatic carbocycles. The first kappa shape index (κ1) is 18.8. The second-order valence-electron chi connectivity index (χ2n) is 6.37. The quantitative estimate of drug-likeness (QED) is 0.833. The van der Waals surface area contributed by atoms with Crippen LogP contribution in [0.5, 0.6) is 0 Å². The molecule has 0 bridgehead atoms. The summed E-state index contributed by atoms with van der Waals surface area (Å²) in [7, 11) is 0. The van der Waals surface area contributed by atoms with Crippen molar-refractivity contribution in [3.63, 3.8) is 0 Å². The van der Waals surface area contributed by atoms with E-state index in [4.69, 9.17) is 4.84 Å². The van der Waals surface area contributed by atoms with Gasteiger partial charge in [0.1, 0.15) is 0 Å². The van der Waals surface area contributed by atoms with Crippen molar-refractivity contribution in [2.45, 2.75) is 41.5 Å². The normalized spacial score (nSPS) is 10.9. The van der Waals surface area contributed by atoms with E-state index in [2.05, 4.69) is 29.5 Å². The molecule has 0 heterocycles. The van der Waals surface area contributed by atoms with Crippen molar-refractivity contribution in [3.8, 4) is 0 Å². The fourth-order valence-electron chi connectivity index (χ4n) is 1.95. The number of carbonyl (C=O) groups excluding carboxylic acids is 2. The van der Waals surface area contributed by atoms with E-state index in [1.165, 1.54) is 0 Å². The smallest absolute Gasteiger partial charge is 0.372 e. The third-order valence-corrected chi connectivity index (χ3v) is 3.49. The minimum atomic E-state index is -0.721. The van der Waals surface area contributed by atoms with E-state index in [1.807, 2.05) is 25.1 Å². The molecule has 1 aromatic rings. The Kier molecular flexibility index (Phi) is 6.42. The summed E-state index contributed by atoms with van der Waals surface area (Å²) >= 11 is 0. The zero-order chi connectivity index (χ0) is 17.6. The number of carbonyl (C=O) groups is 2. The van der Waals surface area contributed by atoms with E-state index in [0.717, 1.165) is 24.3 Å². The van der Waals surface area contributed by atoms with E-state index in [0.29, 0.717) is 5.69 Å². The maximum Gasteiger partial charge on any atom is 0.436 e. The van der Waals surface area contributed by atoms with Crippen molar-refractivity contribution < 1.29 is 14.4 Å². The number of benzene rings is 1. The standard InChI is InChI=1S/C17H27N3O3/c1-7-20(8-2)13-9-10-14(12(3)11-13)18-16(22)23-19-15(21)17(4,5)6/h9-11H,7-8H2,1-6H3,(H,18,22)(H,19,21). The molecule has 0 fully saturated rings. The molecule has 0 aromatic heterocycles. The van der Waals surface area contributed by atoms with Gasteiger partial charge in [0.2, 0.25) is 0 Å². The van der Waals surface area contributed by atoms with Crippen molar-refractivity contribution in [3.05, 3.63) is 23.8 Å². The van der Waals surface area contributed by atoms with Crippen molar-refractivity contribution in [2.75, 3.05) is 23.3 Å². The Morgan fingerprint density at radius 1 is 1.17 bits per heavy atom. The van der Waals surface area contributed by atoms with Gasteiger partial charge >= 0.3 is 6.09 Å². The number of rotatable bonds is 4. The van der Waals surface area contributed by atoms with E-state index in [1.54, 1.807) is 20.8 Å². The molecule has 0 atom stereocenters. The number of nitrogens with zero attached hydrogens (tertiary/aromatic N) is 1. The third kappa shape index (κ3) is 5.47. The zero-order valence-electron chi connectivity index (χ0n) is 14.8. The number of hydroxylamine groups is 1. The van der Waals surface area contributed by atoms with Gasteiger partial charge in [0.15, 0.2) is 0 Å². The maximum absolute atomic E-state index is 11.8. The fraction of sp³-hybridized carbons (Fsp3) is 0.529. The molecule has 1 rings (SSSR count). The summed E-state index contributed by atoms with van der Waals surface area (Å²) in [5.41, 5.74) is 4.21. The van der Waals surface area contributed by atoms with Gasteiger partial charge in [0.05, 0.1) is 0 Å². The molecule has 0 saturated carbocycles. The second-order valence-corrected chi connectivity index (χ2v) is 6.37. The molecular weight excluding hydrogens is 294 g/mol. The SMILES string of the molecule is CCN(CC)c1ccc(NC(=O)ONC(=O)C(C)(C)C)c(C)c1. The van der Waals surface area contributed by atoms with Crippen molar-refractivity contribution in [1.29, 1.82) is 0 Å². The van der Waals surface area contributed by atoms with Gasteiger partial charge in [-0.25, -0.2) is 4.79 Å². The van der Waals surface area contributed by atoms with Crippen LogP contribution in [-0.2, 0) is 9.63 Å². The molecular formula is C17H27N3O3. The van der Waals surface area contributed by atoms with E-state index < -0.39 is 11.5 Å². The summed E-state index contributed by atoms with van der Waals surface area (Å²) in [6, 6.07) is 5.79. The predicted molar refractivity (Wildman–Crippen MR) is 92.4 cm³/mol. The predicted octanol–water partition coefficient (Wildman–Crippen LogP) is 3.47. The third-order valence-electron chi connectivity index (χ3n) is 3.49. The van der Waals surface area contributed by atoms with Gasteiger partial charge < -0.3 is 9.74 Å². The lowest BCUT2D eigenvalue weighted by Crippen LogP contribution is -2.37. The highest BCUT2D eigenvalue weighted by molar-refractivity contribution is 5.88. The van der Waals surface area contributed by atoms with Crippen LogP contribution in [0.4, 0.5) is 16.2 Å². The van der Waals surface area contributed by atoms with Crippen LogP contribution in [0.3, 0.4) is 0 Å². The summed E-state index contributed by atoms with van der Waals surface area (Å²) in [5, 5.41) is 2.62. The molecule has 0 radical (unpaired) electrons. The Balaban J connectivity index is 2.67. The van der Waals surface area contributed by atoms with Crippen LogP contribution < -0.4 is 15.7 Å². The molecule has 0 aliphatic rings. The summed E-state index contributed by atoms with van der Waals surface area (Å²) < 4.78 is 0. The van der Waals surface area contributed by atoms with E-state index in [-0.39, 0.29) is 5.91 Å². The Hall–Kier alpha value is -2.24. The zero-order valence-corrected chi connectivity index (χ0v) is 14.8. The summed E-state index contributed by atoms with van der Waals surface area (Å²) in [4.78, 5) is 30.4. The van der Waals surface area contributed by atoms with Crippen LogP contribution in [0.2, 0.25) is 0 Å². The van der Waals surface area contributed by atoms with Crippen molar-refractivity contribution in [2.24, 2.45) is 5.41 Å². The Bertz CT molecular complexity index is 561. The topological polar surface area (TPSA) is 70.7 Å². The van der Waals surface area contributed by atoms with Crippen LogP contribution >= 0.6 is 0 Å². The Labute approximate surface area is 138 Å². The molecule has 0 aliphatic heterocycles. The molecule has 6 heteroatoms. The van der Waals surface area contributed by atoms with Crippen LogP contribution in [0.1, 0.15) is 40.2 Å². The average Bonchev–Trinajstić information content (AvgIpc) is 2.47. The molecule has 0 spiro atoms. The number of amides is 2. The highest BCUT2D eigenvalue weighted by atomic mass is 16.7. The summed E-state index contributed by atoms with van der Waals surface area (Å²) in [6.45, 7) is 13.2. The average molecular weight is 321 g/mol. The van der Waals surface area contributed by atoms with Crippen LogP contribution in [0, 0.1) is 12.3 Å². The van der Waals surface area contributed by atoms with Gasteiger partial charge in [0.25, 0.3) is 5.91 Å². The fourth-order valence-corrected chi connectivity index (χ4v) is 1.95. The lowest BCUT2D eigenvalue weighted by atomic mass is 9.96. The molecule has 1 aromatic carbocycles. The van der Waals surface area contributed by atoms with Crippen molar-refractivity contribution in [1.82, 2.24) is 5.48 Å². The monoisotopic (exact) mass is 321 g/mol. The first-order valence-corrected chi connectivity index (χ1v) is 7.82. The van der Waals surface area contributed by atoms with E-state index in [9.17, 15) is 9.59 Å². The van der Waals surface area contributed by atoms with Crippen molar-refractivity contribution >= 4 is 23.4 Å². The van der Waals surface area contributed by atoms with Crippen LogP contribution in [-0.4, -0.2) is 25.1 Å². The first-order valence-electron chi connectivity index (χ1n) is 7.82. The van der Waals surface area contributed by atoms with E-state index >= 15 is 0 Å². The lowest BCUT2D eigenvalue weighted by molar-refractivity contribution is -0.137. The Morgan fingerprint density at radius 2 is 1.78 bits per heavy atom. The first-order chi connectivity index (χ1) is 10.7. The number of anilines is 2. The van der Waals surface area contributed by atoms with Crippen LogP contribution in [0.15, 0.2) is 18.2 Å². The number of aryl methyl sites for hydroxylation is 1. The molecule has 0 saturated heterocycles. The highest BCUT2D eigenvalue weighted by Gasteiger charge is 2.22. The van der Waals surface area contributed by atoms with Crippen LogP contribution in [0.25, 0.3) is 0 Å². The molecule has 6 nitrogen and oxygen atoms in total. The minimum Gasteiger partial charge on any atom is -0.372 e. The Morgan fingerprint density at radius 3 is 2.26 bits per heavy atom. The molecule has 128 valence electrons. The number of nitrogens with one attached hydrogen (secondary N) is 2. The van der Waals surface area contributed by atoms with Gasteiger partial charge in [-0.2, -0.15) is 5.48 Å². The van der Waals surface area contributed by atoms with Gasteiger partial charge in [-0.15, -0.1) is 0 Å². The largest absolute Gasteiger partial charge is 0.436 e.